The van der Waals surface area contributed by atoms with E-state index in [1.165, 1.54) is 5.57 Å². The van der Waals surface area contributed by atoms with Crippen LogP contribution in [0.3, 0.4) is 0 Å². The fourth-order valence-electron chi connectivity index (χ4n) is 2.21. The van der Waals surface area contributed by atoms with Crippen LogP contribution < -0.4 is 0 Å². The van der Waals surface area contributed by atoms with Crippen molar-refractivity contribution in [1.82, 2.24) is 9.80 Å². The number of nitrogens with zero attached hydrogens (tertiary/aromatic N) is 2. The summed E-state index contributed by atoms with van der Waals surface area (Å²) in [5.41, 5.74) is 1.23. The average Bonchev–Trinajstić information content (AvgIpc) is 2.08. The van der Waals surface area contributed by atoms with Crippen molar-refractivity contribution in [3.8, 4) is 0 Å². The van der Waals surface area contributed by atoms with E-state index < -0.39 is 0 Å². The van der Waals surface area contributed by atoms with Crippen molar-refractivity contribution in [3.63, 3.8) is 0 Å². The summed E-state index contributed by atoms with van der Waals surface area (Å²) >= 11 is 0. The van der Waals surface area contributed by atoms with Crippen molar-refractivity contribution >= 4 is 0 Å². The summed E-state index contributed by atoms with van der Waals surface area (Å²) in [5, 5.41) is 9.36. The van der Waals surface area contributed by atoms with Crippen LogP contribution in [0.4, 0.5) is 0 Å². The first kappa shape index (κ1) is 12.7. The maximum absolute atomic E-state index is 9.36. The van der Waals surface area contributed by atoms with Gasteiger partial charge in [-0.05, 0) is 20.8 Å². The lowest BCUT2D eigenvalue weighted by atomic mass is 10.1. The maximum atomic E-state index is 9.36. The molecule has 2 atom stereocenters. The molecule has 3 heteroatoms. The van der Waals surface area contributed by atoms with Crippen molar-refractivity contribution in [2.45, 2.75) is 32.9 Å². The van der Waals surface area contributed by atoms with Crippen LogP contribution in [0.5, 0.6) is 0 Å². The zero-order valence-electron chi connectivity index (χ0n) is 10.2. The van der Waals surface area contributed by atoms with E-state index in [0.29, 0.717) is 6.04 Å². The predicted octanol–water partition coefficient (Wildman–Crippen LogP) is 0.949. The SMILES string of the molecule is C=C(C)CN1CCN(CC(C)O)C(C)C1. The number of hydrogen-bond donors (Lipinski definition) is 1. The highest BCUT2D eigenvalue weighted by Crippen LogP contribution is 2.11. The molecule has 0 amide bonds. The molecule has 1 aliphatic heterocycles. The Balaban J connectivity index is 2.37. The summed E-state index contributed by atoms with van der Waals surface area (Å²) in [5.74, 6) is 0. The second-order valence-corrected chi connectivity index (χ2v) is 4.89. The van der Waals surface area contributed by atoms with Crippen molar-refractivity contribution < 1.29 is 5.11 Å². The molecule has 88 valence electrons. The molecule has 0 spiro atoms. The normalized spacial score (nSPS) is 26.5. The fourth-order valence-corrected chi connectivity index (χ4v) is 2.21. The van der Waals surface area contributed by atoms with Crippen LogP contribution in [0.2, 0.25) is 0 Å². The molecule has 3 nitrogen and oxygen atoms in total. The molecule has 0 aromatic carbocycles. The van der Waals surface area contributed by atoms with Gasteiger partial charge in [0.1, 0.15) is 0 Å². The number of aliphatic hydroxyl groups is 1. The van der Waals surface area contributed by atoms with Gasteiger partial charge in [-0.1, -0.05) is 12.2 Å². The highest BCUT2D eigenvalue weighted by atomic mass is 16.3. The minimum absolute atomic E-state index is 0.222. The van der Waals surface area contributed by atoms with E-state index >= 15 is 0 Å². The van der Waals surface area contributed by atoms with Gasteiger partial charge in [-0.15, -0.1) is 0 Å². The summed E-state index contributed by atoms with van der Waals surface area (Å²) in [6.07, 6.45) is -0.222. The maximum Gasteiger partial charge on any atom is 0.0639 e. The van der Waals surface area contributed by atoms with Crippen LogP contribution in [0.15, 0.2) is 12.2 Å². The molecule has 0 aliphatic carbocycles. The summed E-state index contributed by atoms with van der Waals surface area (Å²) < 4.78 is 0. The first-order valence-electron chi connectivity index (χ1n) is 5.78. The van der Waals surface area contributed by atoms with Gasteiger partial charge in [0, 0.05) is 38.8 Å². The number of aliphatic hydroxyl groups excluding tert-OH is 1. The largest absolute Gasteiger partial charge is 0.392 e. The summed E-state index contributed by atoms with van der Waals surface area (Å²) in [4.78, 5) is 4.80. The van der Waals surface area contributed by atoms with Crippen LogP contribution in [-0.4, -0.2) is 59.8 Å². The molecule has 0 aromatic rings. The smallest absolute Gasteiger partial charge is 0.0639 e. The lowest BCUT2D eigenvalue weighted by Crippen LogP contribution is -2.53. The second kappa shape index (κ2) is 5.64. The third kappa shape index (κ3) is 4.33. The molecule has 1 heterocycles. The molecular weight excluding hydrogens is 188 g/mol. The lowest BCUT2D eigenvalue weighted by Gasteiger charge is -2.40. The average molecular weight is 212 g/mol. The van der Waals surface area contributed by atoms with Gasteiger partial charge in [0.15, 0.2) is 0 Å². The van der Waals surface area contributed by atoms with E-state index in [0.717, 1.165) is 32.7 Å². The topological polar surface area (TPSA) is 26.7 Å². The van der Waals surface area contributed by atoms with E-state index in [9.17, 15) is 5.11 Å². The van der Waals surface area contributed by atoms with Crippen LogP contribution in [0.25, 0.3) is 0 Å². The molecule has 0 aromatic heterocycles. The van der Waals surface area contributed by atoms with E-state index in [4.69, 9.17) is 0 Å². The van der Waals surface area contributed by atoms with E-state index in [1.807, 2.05) is 6.92 Å². The van der Waals surface area contributed by atoms with Crippen molar-refractivity contribution in [2.75, 3.05) is 32.7 Å². The van der Waals surface area contributed by atoms with Gasteiger partial charge in [0.05, 0.1) is 6.10 Å². The van der Waals surface area contributed by atoms with Gasteiger partial charge in [0.25, 0.3) is 0 Å². The minimum Gasteiger partial charge on any atom is -0.392 e. The van der Waals surface area contributed by atoms with Gasteiger partial charge in [-0.2, -0.15) is 0 Å². The van der Waals surface area contributed by atoms with Gasteiger partial charge < -0.3 is 5.11 Å². The molecule has 0 radical (unpaired) electrons. The first-order valence-corrected chi connectivity index (χ1v) is 5.78. The molecule has 1 saturated heterocycles. The third-order valence-corrected chi connectivity index (χ3v) is 2.84. The summed E-state index contributed by atoms with van der Waals surface area (Å²) in [6, 6.07) is 0.535. The summed E-state index contributed by atoms with van der Waals surface area (Å²) in [7, 11) is 0. The van der Waals surface area contributed by atoms with Crippen LogP contribution >= 0.6 is 0 Å². The molecule has 1 aliphatic rings. The fraction of sp³-hybridized carbons (Fsp3) is 0.833. The third-order valence-electron chi connectivity index (χ3n) is 2.84. The molecule has 0 saturated carbocycles. The van der Waals surface area contributed by atoms with E-state index in [-0.39, 0.29) is 6.10 Å². The summed E-state index contributed by atoms with van der Waals surface area (Å²) in [6.45, 7) is 15.1. The Morgan fingerprint density at radius 3 is 2.67 bits per heavy atom. The Bertz CT molecular complexity index is 216. The second-order valence-electron chi connectivity index (χ2n) is 4.89. The molecule has 1 N–H and O–H groups in total. The Kier molecular flexibility index (Phi) is 4.77. The van der Waals surface area contributed by atoms with Gasteiger partial charge in [-0.3, -0.25) is 9.80 Å². The number of β-amino-alcohol motifs (C(OH)–C–C–N with tert-alkyl or cyclic N) is 1. The lowest BCUT2D eigenvalue weighted by molar-refractivity contribution is 0.0486. The quantitative estimate of drug-likeness (QED) is 0.703. The van der Waals surface area contributed by atoms with Gasteiger partial charge in [0.2, 0.25) is 0 Å². The van der Waals surface area contributed by atoms with Crippen molar-refractivity contribution in [2.24, 2.45) is 0 Å². The molecule has 1 rings (SSSR count). The zero-order chi connectivity index (χ0) is 11.4. The number of rotatable bonds is 4. The zero-order valence-corrected chi connectivity index (χ0v) is 10.2. The monoisotopic (exact) mass is 212 g/mol. The molecule has 0 bridgehead atoms. The highest BCUT2D eigenvalue weighted by Gasteiger charge is 2.23. The van der Waals surface area contributed by atoms with Gasteiger partial charge >= 0.3 is 0 Å². The standard InChI is InChI=1S/C12H24N2O/c1-10(2)7-13-5-6-14(9-12(4)15)11(3)8-13/h11-12,15H,1,5-9H2,2-4H3. The highest BCUT2D eigenvalue weighted by molar-refractivity contribution is 4.94. The Morgan fingerprint density at radius 1 is 1.53 bits per heavy atom. The minimum atomic E-state index is -0.222. The Morgan fingerprint density at radius 2 is 2.20 bits per heavy atom. The van der Waals surface area contributed by atoms with Crippen LogP contribution in [0.1, 0.15) is 20.8 Å². The molecule has 1 fully saturated rings. The van der Waals surface area contributed by atoms with Crippen LogP contribution in [-0.2, 0) is 0 Å². The molecule has 15 heavy (non-hydrogen) atoms. The Labute approximate surface area is 93.4 Å². The number of hydrogen-bond acceptors (Lipinski definition) is 3. The molecular formula is C12H24N2O. The van der Waals surface area contributed by atoms with Crippen molar-refractivity contribution in [3.05, 3.63) is 12.2 Å². The van der Waals surface area contributed by atoms with Crippen LogP contribution in [0, 0.1) is 0 Å². The Hall–Kier alpha value is -0.380. The van der Waals surface area contributed by atoms with E-state index in [2.05, 4.69) is 30.2 Å². The van der Waals surface area contributed by atoms with Gasteiger partial charge in [-0.25, -0.2) is 0 Å². The van der Waals surface area contributed by atoms with E-state index in [1.54, 1.807) is 0 Å². The van der Waals surface area contributed by atoms with Crippen molar-refractivity contribution in [1.29, 1.82) is 0 Å². The number of piperazine rings is 1. The predicted molar refractivity (Wildman–Crippen MR) is 64.0 cm³/mol. The first-order chi connectivity index (χ1) is 6.99. The molecule has 2 unspecified atom stereocenters.